The Bertz CT molecular complexity index is 843. The normalized spacial score (nSPS) is 10.9. The number of nitrogens with zero attached hydrogens (tertiary/aromatic N) is 4. The summed E-state index contributed by atoms with van der Waals surface area (Å²) in [7, 11) is 1.21. The van der Waals surface area contributed by atoms with Crippen molar-refractivity contribution in [3.63, 3.8) is 0 Å². The number of anilines is 1. The quantitative estimate of drug-likeness (QED) is 0.293. The number of rotatable bonds is 7. The van der Waals surface area contributed by atoms with Crippen LogP contribution in [0, 0.1) is 17.0 Å². The lowest BCUT2D eigenvalue weighted by atomic mass is 10.1. The highest BCUT2D eigenvalue weighted by atomic mass is 32.1. The van der Waals surface area contributed by atoms with E-state index in [2.05, 4.69) is 33.7 Å². The minimum Gasteiger partial charge on any atom is -0.465 e. The molecule has 26 heavy (non-hydrogen) atoms. The second kappa shape index (κ2) is 8.52. The molecule has 0 unspecified atom stereocenters. The molecule has 1 aromatic heterocycles. The fourth-order valence-corrected chi connectivity index (χ4v) is 3.21. The smallest absolute Gasteiger partial charge is 0.341 e. The summed E-state index contributed by atoms with van der Waals surface area (Å²) in [6.07, 6.45) is 0. The van der Waals surface area contributed by atoms with E-state index in [9.17, 15) is 14.9 Å². The standard InChI is InChI=1S/C17H20N4O4S/c1-5-20(6-2)12-7-8-14(11(3)9-12)18-19-16-13(17(22)25-4)10-15(26-16)21(23)24/h7-10H,5-6H2,1-4H3. The van der Waals surface area contributed by atoms with Gasteiger partial charge < -0.3 is 9.64 Å². The molecule has 0 bridgehead atoms. The van der Waals surface area contributed by atoms with Gasteiger partial charge in [-0.15, -0.1) is 10.2 Å². The molecule has 2 aromatic rings. The van der Waals surface area contributed by atoms with Crippen molar-refractivity contribution >= 4 is 38.7 Å². The first kappa shape index (κ1) is 19.5. The third-order valence-corrected chi connectivity index (χ3v) is 4.81. The van der Waals surface area contributed by atoms with Crippen molar-refractivity contribution in [2.45, 2.75) is 20.8 Å². The summed E-state index contributed by atoms with van der Waals surface area (Å²) in [4.78, 5) is 24.4. The van der Waals surface area contributed by atoms with Gasteiger partial charge in [0.05, 0.1) is 17.7 Å². The van der Waals surface area contributed by atoms with Gasteiger partial charge in [0.25, 0.3) is 0 Å². The summed E-state index contributed by atoms with van der Waals surface area (Å²) >= 11 is 0.783. The molecule has 1 aromatic carbocycles. The number of carbonyl (C=O) groups excluding carboxylic acids is 1. The van der Waals surface area contributed by atoms with Crippen LogP contribution in [0.5, 0.6) is 0 Å². The van der Waals surface area contributed by atoms with Gasteiger partial charge in [-0.2, -0.15) is 0 Å². The molecular formula is C17H20N4O4S. The van der Waals surface area contributed by atoms with E-state index in [4.69, 9.17) is 0 Å². The Kier molecular flexibility index (Phi) is 6.40. The highest BCUT2D eigenvalue weighted by molar-refractivity contribution is 7.19. The summed E-state index contributed by atoms with van der Waals surface area (Å²) in [5, 5.41) is 19.1. The topological polar surface area (TPSA) is 97.4 Å². The van der Waals surface area contributed by atoms with Crippen LogP contribution in [0.25, 0.3) is 0 Å². The maximum atomic E-state index is 11.8. The number of aryl methyl sites for hydroxylation is 1. The van der Waals surface area contributed by atoms with E-state index >= 15 is 0 Å². The summed E-state index contributed by atoms with van der Waals surface area (Å²) in [6.45, 7) is 7.89. The molecule has 0 aliphatic heterocycles. The lowest BCUT2D eigenvalue weighted by Gasteiger charge is -2.21. The van der Waals surface area contributed by atoms with E-state index in [1.165, 1.54) is 7.11 Å². The predicted molar refractivity (Wildman–Crippen MR) is 101 cm³/mol. The molecule has 0 amide bonds. The first-order chi connectivity index (χ1) is 12.4. The van der Waals surface area contributed by atoms with Crippen LogP contribution < -0.4 is 4.90 Å². The van der Waals surface area contributed by atoms with Crippen LogP contribution in [-0.4, -0.2) is 31.1 Å². The number of carbonyl (C=O) groups is 1. The SMILES string of the molecule is CCN(CC)c1ccc(N=Nc2sc([N+](=O)[O-])cc2C(=O)OC)c(C)c1. The number of benzene rings is 1. The van der Waals surface area contributed by atoms with Crippen LogP contribution in [-0.2, 0) is 4.74 Å². The van der Waals surface area contributed by atoms with Crippen molar-refractivity contribution in [3.8, 4) is 0 Å². The van der Waals surface area contributed by atoms with E-state index in [1.807, 2.05) is 25.1 Å². The van der Waals surface area contributed by atoms with Crippen LogP contribution in [0.2, 0.25) is 0 Å². The van der Waals surface area contributed by atoms with Gasteiger partial charge in [0.2, 0.25) is 0 Å². The van der Waals surface area contributed by atoms with Crippen molar-refractivity contribution in [2.24, 2.45) is 10.2 Å². The minimum absolute atomic E-state index is 0.0327. The van der Waals surface area contributed by atoms with Crippen LogP contribution in [0.1, 0.15) is 29.8 Å². The van der Waals surface area contributed by atoms with E-state index in [-0.39, 0.29) is 15.6 Å². The van der Waals surface area contributed by atoms with Gasteiger partial charge in [0.15, 0.2) is 5.00 Å². The van der Waals surface area contributed by atoms with Gasteiger partial charge in [-0.05, 0) is 55.9 Å². The number of nitro groups is 1. The number of thiophene rings is 1. The number of esters is 1. The molecule has 0 aliphatic rings. The zero-order valence-electron chi connectivity index (χ0n) is 15.1. The number of methoxy groups -OCH3 is 1. The van der Waals surface area contributed by atoms with Gasteiger partial charge in [0, 0.05) is 24.8 Å². The van der Waals surface area contributed by atoms with E-state index in [0.717, 1.165) is 41.7 Å². The fourth-order valence-electron chi connectivity index (χ4n) is 2.43. The molecule has 0 atom stereocenters. The molecule has 0 aliphatic carbocycles. The van der Waals surface area contributed by atoms with Crippen molar-refractivity contribution in [1.82, 2.24) is 0 Å². The molecule has 0 spiro atoms. The number of hydrogen-bond acceptors (Lipinski definition) is 8. The number of hydrogen-bond donors (Lipinski definition) is 0. The van der Waals surface area contributed by atoms with Crippen LogP contribution in [0.3, 0.4) is 0 Å². The van der Waals surface area contributed by atoms with Gasteiger partial charge in [0.1, 0.15) is 5.56 Å². The summed E-state index contributed by atoms with van der Waals surface area (Å²) in [6, 6.07) is 6.96. The average molecular weight is 376 g/mol. The first-order valence-corrected chi connectivity index (χ1v) is 8.86. The average Bonchev–Trinajstić information content (AvgIpc) is 3.06. The molecule has 0 N–H and O–H groups in total. The molecule has 9 heteroatoms. The van der Waals surface area contributed by atoms with Crippen LogP contribution in [0.15, 0.2) is 34.5 Å². The van der Waals surface area contributed by atoms with Gasteiger partial charge in [-0.1, -0.05) is 0 Å². The second-order valence-electron chi connectivity index (χ2n) is 5.40. The minimum atomic E-state index is -0.683. The molecule has 1 heterocycles. The monoisotopic (exact) mass is 376 g/mol. The first-order valence-electron chi connectivity index (χ1n) is 8.05. The molecule has 0 fully saturated rings. The molecule has 2 rings (SSSR count). The summed E-state index contributed by atoms with van der Waals surface area (Å²) in [5.74, 6) is -0.683. The zero-order valence-corrected chi connectivity index (χ0v) is 15.9. The Morgan fingerprint density at radius 1 is 1.27 bits per heavy atom. The highest BCUT2D eigenvalue weighted by Crippen LogP contribution is 2.37. The second-order valence-corrected chi connectivity index (χ2v) is 6.40. The maximum Gasteiger partial charge on any atom is 0.341 e. The molecule has 138 valence electrons. The van der Waals surface area contributed by atoms with E-state index < -0.39 is 10.9 Å². The largest absolute Gasteiger partial charge is 0.465 e. The Hall–Kier alpha value is -2.81. The Balaban J connectivity index is 2.35. The van der Waals surface area contributed by atoms with Crippen molar-refractivity contribution in [1.29, 1.82) is 0 Å². The lowest BCUT2D eigenvalue weighted by molar-refractivity contribution is -0.380. The lowest BCUT2D eigenvalue weighted by Crippen LogP contribution is -2.21. The van der Waals surface area contributed by atoms with Gasteiger partial charge in [-0.3, -0.25) is 10.1 Å². The van der Waals surface area contributed by atoms with Gasteiger partial charge in [-0.25, -0.2) is 4.79 Å². The van der Waals surface area contributed by atoms with Crippen molar-refractivity contribution in [3.05, 3.63) is 45.5 Å². The van der Waals surface area contributed by atoms with Gasteiger partial charge >= 0.3 is 11.0 Å². The third-order valence-electron chi connectivity index (χ3n) is 3.84. The van der Waals surface area contributed by atoms with Crippen molar-refractivity contribution < 1.29 is 14.5 Å². The van der Waals surface area contributed by atoms with Crippen LogP contribution >= 0.6 is 11.3 Å². The number of ether oxygens (including phenoxy) is 1. The Morgan fingerprint density at radius 2 is 1.96 bits per heavy atom. The van der Waals surface area contributed by atoms with E-state index in [1.54, 1.807) is 0 Å². The fraction of sp³-hybridized carbons (Fsp3) is 0.353. The number of azo groups is 1. The summed E-state index contributed by atoms with van der Waals surface area (Å²) in [5.41, 5.74) is 2.68. The molecule has 0 saturated carbocycles. The predicted octanol–water partition coefficient (Wildman–Crippen LogP) is 5.01. The molecule has 0 radical (unpaired) electrons. The third kappa shape index (κ3) is 4.23. The van der Waals surface area contributed by atoms with E-state index in [0.29, 0.717) is 5.69 Å². The maximum absolute atomic E-state index is 11.8. The summed E-state index contributed by atoms with van der Waals surface area (Å²) < 4.78 is 4.65. The molecular weight excluding hydrogens is 356 g/mol. The molecule has 0 saturated heterocycles. The Labute approximate surface area is 155 Å². The zero-order chi connectivity index (χ0) is 19.3. The molecule has 8 nitrogen and oxygen atoms in total. The highest BCUT2D eigenvalue weighted by Gasteiger charge is 2.22. The Morgan fingerprint density at radius 3 is 2.50 bits per heavy atom. The van der Waals surface area contributed by atoms with Crippen molar-refractivity contribution in [2.75, 3.05) is 25.1 Å². The van der Waals surface area contributed by atoms with Crippen LogP contribution in [0.4, 0.5) is 21.4 Å².